The molecule has 2 N–H and O–H groups in total. The maximum atomic E-state index is 12.0. The molecule has 1 amide bonds. The fraction of sp³-hybridized carbons (Fsp3) is 0.552. The lowest BCUT2D eigenvalue weighted by molar-refractivity contribution is -0.118. The van der Waals surface area contributed by atoms with Crippen LogP contribution in [0, 0.1) is 12.8 Å². The number of anilines is 1. The number of unbranched alkanes of at least 4 members (excludes halogenated alkanes) is 3. The SMILES string of the molecule is Cc1ccc(C(O)CCCCCCN2CCC(c3cccc(NC(=O)C(C)C)c3)CC2)cc1. The average Bonchev–Trinajstić information content (AvgIpc) is 2.82. The van der Waals surface area contributed by atoms with E-state index in [0.29, 0.717) is 5.92 Å². The van der Waals surface area contributed by atoms with Gasteiger partial charge in [-0.15, -0.1) is 0 Å². The summed E-state index contributed by atoms with van der Waals surface area (Å²) in [5.41, 5.74) is 4.54. The van der Waals surface area contributed by atoms with Crippen molar-refractivity contribution in [2.45, 2.75) is 77.7 Å². The van der Waals surface area contributed by atoms with Gasteiger partial charge in [-0.05, 0) is 81.4 Å². The smallest absolute Gasteiger partial charge is 0.226 e. The van der Waals surface area contributed by atoms with E-state index in [4.69, 9.17) is 0 Å². The van der Waals surface area contributed by atoms with Crippen LogP contribution in [0.5, 0.6) is 0 Å². The number of hydrogen-bond acceptors (Lipinski definition) is 3. The number of amides is 1. The molecule has 2 aromatic rings. The molecular weight excluding hydrogens is 408 g/mol. The molecule has 0 bridgehead atoms. The average molecular weight is 451 g/mol. The number of aliphatic hydroxyl groups is 1. The van der Waals surface area contributed by atoms with Crippen molar-refractivity contribution in [1.29, 1.82) is 0 Å². The molecule has 3 rings (SSSR count). The molecule has 2 aromatic carbocycles. The molecule has 4 nitrogen and oxygen atoms in total. The fourth-order valence-corrected chi connectivity index (χ4v) is 4.63. The number of nitrogens with one attached hydrogen (secondary N) is 1. The van der Waals surface area contributed by atoms with Gasteiger partial charge in [-0.3, -0.25) is 4.79 Å². The van der Waals surface area contributed by atoms with E-state index in [2.05, 4.69) is 47.5 Å². The number of carbonyl (C=O) groups excluding carboxylic acids is 1. The van der Waals surface area contributed by atoms with Gasteiger partial charge in [0.05, 0.1) is 6.10 Å². The van der Waals surface area contributed by atoms with Gasteiger partial charge in [0.25, 0.3) is 0 Å². The summed E-state index contributed by atoms with van der Waals surface area (Å²) in [4.78, 5) is 14.6. The Morgan fingerprint density at radius 3 is 2.42 bits per heavy atom. The highest BCUT2D eigenvalue weighted by molar-refractivity contribution is 5.92. The Hall–Kier alpha value is -2.17. The standard InChI is InChI=1S/C29H42N2O2/c1-22(2)29(33)30-27-10-8-9-26(21-27)24-16-19-31(20-17-24)18-7-5-4-6-11-28(32)25-14-12-23(3)13-15-25/h8-10,12-15,21-22,24,28,32H,4-7,11,16-20H2,1-3H3,(H,30,33). The first-order chi connectivity index (χ1) is 15.9. The van der Waals surface area contributed by atoms with E-state index in [0.717, 1.165) is 37.2 Å². The van der Waals surface area contributed by atoms with Gasteiger partial charge in [0.15, 0.2) is 0 Å². The second-order valence-electron chi connectivity index (χ2n) is 10.0. The van der Waals surface area contributed by atoms with E-state index < -0.39 is 0 Å². The van der Waals surface area contributed by atoms with Crippen LogP contribution in [-0.2, 0) is 4.79 Å². The zero-order chi connectivity index (χ0) is 23.6. The van der Waals surface area contributed by atoms with Gasteiger partial charge in [-0.25, -0.2) is 0 Å². The van der Waals surface area contributed by atoms with Crippen LogP contribution in [-0.4, -0.2) is 35.5 Å². The molecule has 180 valence electrons. The van der Waals surface area contributed by atoms with Gasteiger partial charge >= 0.3 is 0 Å². The minimum atomic E-state index is -0.332. The number of aryl methyl sites for hydroxylation is 1. The molecule has 1 heterocycles. The summed E-state index contributed by atoms with van der Waals surface area (Å²) < 4.78 is 0. The molecule has 0 spiro atoms. The lowest BCUT2D eigenvalue weighted by Gasteiger charge is -2.32. The van der Waals surface area contributed by atoms with Crippen LogP contribution < -0.4 is 5.32 Å². The number of piperidine rings is 1. The van der Waals surface area contributed by atoms with Crippen LogP contribution in [0.4, 0.5) is 5.69 Å². The van der Waals surface area contributed by atoms with Gasteiger partial charge in [0.2, 0.25) is 5.91 Å². The molecule has 1 aliphatic rings. The van der Waals surface area contributed by atoms with E-state index in [1.54, 1.807) is 0 Å². The van der Waals surface area contributed by atoms with Crippen LogP contribution in [0.25, 0.3) is 0 Å². The summed E-state index contributed by atoms with van der Waals surface area (Å²) in [6, 6.07) is 16.6. The van der Waals surface area contributed by atoms with Gasteiger partial charge in [-0.2, -0.15) is 0 Å². The number of aliphatic hydroxyl groups excluding tert-OH is 1. The van der Waals surface area contributed by atoms with Crippen LogP contribution in [0.15, 0.2) is 48.5 Å². The van der Waals surface area contributed by atoms with Gasteiger partial charge < -0.3 is 15.3 Å². The lowest BCUT2D eigenvalue weighted by atomic mass is 9.89. The van der Waals surface area contributed by atoms with E-state index in [-0.39, 0.29) is 17.9 Å². The summed E-state index contributed by atoms with van der Waals surface area (Å²) in [5.74, 6) is 0.655. The molecule has 1 aliphatic heterocycles. The maximum absolute atomic E-state index is 12.0. The van der Waals surface area contributed by atoms with Gasteiger partial charge in [-0.1, -0.05) is 75.1 Å². The zero-order valence-corrected chi connectivity index (χ0v) is 20.7. The predicted molar refractivity (Wildman–Crippen MR) is 138 cm³/mol. The minimum Gasteiger partial charge on any atom is -0.388 e. The van der Waals surface area contributed by atoms with Gasteiger partial charge in [0.1, 0.15) is 0 Å². The Morgan fingerprint density at radius 1 is 1.03 bits per heavy atom. The molecule has 0 saturated carbocycles. The van der Waals surface area contributed by atoms with Crippen LogP contribution in [0.1, 0.15) is 87.5 Å². The second-order valence-corrected chi connectivity index (χ2v) is 10.0. The van der Waals surface area contributed by atoms with Crippen molar-refractivity contribution in [1.82, 2.24) is 4.90 Å². The van der Waals surface area contributed by atoms with E-state index >= 15 is 0 Å². The molecule has 1 unspecified atom stereocenters. The Labute approximate surface area is 200 Å². The number of benzene rings is 2. The normalized spacial score (nSPS) is 16.2. The summed E-state index contributed by atoms with van der Waals surface area (Å²) in [5, 5.41) is 13.4. The van der Waals surface area contributed by atoms with Crippen LogP contribution >= 0.6 is 0 Å². The number of likely N-dealkylation sites (tertiary alicyclic amines) is 1. The largest absolute Gasteiger partial charge is 0.388 e. The molecule has 1 fully saturated rings. The highest BCUT2D eigenvalue weighted by Crippen LogP contribution is 2.30. The van der Waals surface area contributed by atoms with Crippen molar-refractivity contribution < 1.29 is 9.90 Å². The first-order valence-corrected chi connectivity index (χ1v) is 12.8. The first-order valence-electron chi connectivity index (χ1n) is 12.8. The minimum absolute atomic E-state index is 0.00449. The summed E-state index contributed by atoms with van der Waals surface area (Å²) >= 11 is 0. The number of rotatable bonds is 11. The molecule has 33 heavy (non-hydrogen) atoms. The Morgan fingerprint density at radius 2 is 1.73 bits per heavy atom. The Balaban J connectivity index is 1.30. The number of nitrogens with zero attached hydrogens (tertiary/aromatic N) is 1. The van der Waals surface area contributed by atoms with Gasteiger partial charge in [0, 0.05) is 11.6 Å². The summed E-state index contributed by atoms with van der Waals surface area (Å²) in [6.45, 7) is 9.40. The monoisotopic (exact) mass is 450 g/mol. The van der Waals surface area contributed by atoms with Crippen molar-refractivity contribution >= 4 is 11.6 Å². The lowest BCUT2D eigenvalue weighted by Crippen LogP contribution is -2.33. The summed E-state index contributed by atoms with van der Waals surface area (Å²) in [7, 11) is 0. The predicted octanol–water partition coefficient (Wildman–Crippen LogP) is 6.45. The van der Waals surface area contributed by atoms with Crippen molar-refractivity contribution in [2.24, 2.45) is 5.92 Å². The van der Waals surface area contributed by atoms with Crippen molar-refractivity contribution in [3.05, 3.63) is 65.2 Å². The van der Waals surface area contributed by atoms with E-state index in [9.17, 15) is 9.90 Å². The third kappa shape index (κ3) is 8.28. The highest BCUT2D eigenvalue weighted by atomic mass is 16.3. The van der Waals surface area contributed by atoms with Crippen LogP contribution in [0.2, 0.25) is 0 Å². The van der Waals surface area contributed by atoms with Crippen molar-refractivity contribution in [3.63, 3.8) is 0 Å². The molecule has 0 aromatic heterocycles. The van der Waals surface area contributed by atoms with Crippen molar-refractivity contribution in [3.8, 4) is 0 Å². The molecule has 1 saturated heterocycles. The first kappa shape index (κ1) is 25.5. The van der Waals surface area contributed by atoms with E-state index in [1.165, 1.54) is 49.8 Å². The maximum Gasteiger partial charge on any atom is 0.226 e. The summed E-state index contributed by atoms with van der Waals surface area (Å²) in [6.07, 6.45) is 7.64. The quantitative estimate of drug-likeness (QED) is 0.387. The number of carbonyl (C=O) groups is 1. The second kappa shape index (κ2) is 12.9. The molecular formula is C29H42N2O2. The topological polar surface area (TPSA) is 52.6 Å². The third-order valence-electron chi connectivity index (χ3n) is 6.90. The highest BCUT2D eigenvalue weighted by Gasteiger charge is 2.20. The molecule has 1 atom stereocenters. The Kier molecular flexibility index (Phi) is 9.95. The molecule has 0 radical (unpaired) electrons. The molecule has 4 heteroatoms. The zero-order valence-electron chi connectivity index (χ0n) is 20.7. The Bertz CT molecular complexity index is 854. The number of hydrogen-bond donors (Lipinski definition) is 2. The van der Waals surface area contributed by atoms with Crippen molar-refractivity contribution in [2.75, 3.05) is 25.0 Å². The molecule has 0 aliphatic carbocycles. The fourth-order valence-electron chi connectivity index (χ4n) is 4.63. The van der Waals surface area contributed by atoms with Crippen LogP contribution in [0.3, 0.4) is 0 Å². The third-order valence-corrected chi connectivity index (χ3v) is 6.90. The van der Waals surface area contributed by atoms with E-state index in [1.807, 2.05) is 32.0 Å².